The highest BCUT2D eigenvalue weighted by Crippen LogP contribution is 2.40. The lowest BCUT2D eigenvalue weighted by Gasteiger charge is -2.34. The van der Waals surface area contributed by atoms with Gasteiger partial charge in [-0.05, 0) is 56.2 Å². The molecule has 5 nitrogen and oxygen atoms in total. The predicted molar refractivity (Wildman–Crippen MR) is 105 cm³/mol. The highest BCUT2D eigenvalue weighted by Gasteiger charge is 2.35. The molecule has 1 aliphatic heterocycles. The number of fused-ring (bicyclic) bond motifs is 4. The molecule has 0 aliphatic carbocycles. The molecule has 0 bridgehead atoms. The quantitative estimate of drug-likeness (QED) is 0.452. The number of H-pyrrole nitrogens is 1. The number of benzene rings is 2. The second-order valence-corrected chi connectivity index (χ2v) is 7.84. The summed E-state index contributed by atoms with van der Waals surface area (Å²) in [5.74, 6) is 1.55. The van der Waals surface area contributed by atoms with Gasteiger partial charge in [0.25, 0.3) is 0 Å². The van der Waals surface area contributed by atoms with E-state index < -0.39 is 17.4 Å². The number of nitrogens with zero attached hydrogens (tertiary/aromatic N) is 3. The predicted octanol–water partition coefficient (Wildman–Crippen LogP) is 5.40. The van der Waals surface area contributed by atoms with Crippen LogP contribution in [0, 0.1) is 6.92 Å². The molecule has 0 atom stereocenters. The Balaban J connectivity index is 1.71. The van der Waals surface area contributed by atoms with Gasteiger partial charge in [0.2, 0.25) is 0 Å². The first-order valence-corrected chi connectivity index (χ1v) is 9.19. The van der Waals surface area contributed by atoms with Gasteiger partial charge in [-0.15, -0.1) is 10.2 Å². The van der Waals surface area contributed by atoms with E-state index in [1.165, 1.54) is 6.07 Å². The third-order valence-electron chi connectivity index (χ3n) is 5.35. The number of aromatic amines is 1. The number of anilines is 1. The zero-order valence-corrected chi connectivity index (χ0v) is 16.0. The van der Waals surface area contributed by atoms with Gasteiger partial charge in [0.1, 0.15) is 11.5 Å². The van der Waals surface area contributed by atoms with E-state index in [1.807, 2.05) is 49.6 Å². The Morgan fingerprint density at radius 1 is 1.03 bits per heavy atom. The summed E-state index contributed by atoms with van der Waals surface area (Å²) in [4.78, 5) is 2.48. The first kappa shape index (κ1) is 17.8. The standard InChI is InChI=1S/C21H18F3N5/c1-11-27-28-19-20(2,3)26-16-8-7-12(9-17(16)29(11)19)13-5-4-6-15-14(13)10-18(25-15)21(22,23)24/h4-10,25-26H,1-3H3. The number of aryl methyl sites for hydroxylation is 1. The molecule has 4 aromatic rings. The number of halogens is 3. The van der Waals surface area contributed by atoms with E-state index in [1.54, 1.807) is 12.1 Å². The van der Waals surface area contributed by atoms with Gasteiger partial charge in [-0.2, -0.15) is 13.2 Å². The minimum Gasteiger partial charge on any atom is -0.371 e. The fourth-order valence-electron chi connectivity index (χ4n) is 4.00. The van der Waals surface area contributed by atoms with Crippen molar-refractivity contribution < 1.29 is 13.2 Å². The smallest absolute Gasteiger partial charge is 0.371 e. The van der Waals surface area contributed by atoms with Crippen LogP contribution in [-0.2, 0) is 11.7 Å². The average Bonchev–Trinajstić information content (AvgIpc) is 3.25. The number of alkyl halides is 3. The maximum Gasteiger partial charge on any atom is 0.431 e. The van der Waals surface area contributed by atoms with Crippen LogP contribution in [-0.4, -0.2) is 19.7 Å². The molecule has 0 unspecified atom stereocenters. The lowest BCUT2D eigenvalue weighted by molar-refractivity contribution is -0.140. The van der Waals surface area contributed by atoms with Crippen LogP contribution in [0.15, 0.2) is 42.5 Å². The Morgan fingerprint density at radius 3 is 2.59 bits per heavy atom. The van der Waals surface area contributed by atoms with Gasteiger partial charge in [0.05, 0.1) is 16.9 Å². The van der Waals surface area contributed by atoms with Gasteiger partial charge in [-0.1, -0.05) is 18.2 Å². The molecule has 2 aromatic carbocycles. The molecule has 0 spiro atoms. The second kappa shape index (κ2) is 5.62. The monoisotopic (exact) mass is 397 g/mol. The summed E-state index contributed by atoms with van der Waals surface area (Å²) in [5, 5.41) is 12.5. The maximum atomic E-state index is 13.2. The number of hydrogen-bond donors (Lipinski definition) is 2. The summed E-state index contributed by atoms with van der Waals surface area (Å²) in [7, 11) is 0. The van der Waals surface area contributed by atoms with Crippen LogP contribution in [0.25, 0.3) is 27.7 Å². The molecule has 0 saturated heterocycles. The number of aromatic nitrogens is 4. The summed E-state index contributed by atoms with van der Waals surface area (Å²) in [6.45, 7) is 5.95. The molecule has 3 heterocycles. The van der Waals surface area contributed by atoms with Crippen molar-refractivity contribution >= 4 is 16.6 Å². The Kier molecular flexibility index (Phi) is 3.45. The van der Waals surface area contributed by atoms with Crippen molar-refractivity contribution in [1.82, 2.24) is 19.7 Å². The molecule has 0 fully saturated rings. The van der Waals surface area contributed by atoms with E-state index >= 15 is 0 Å². The largest absolute Gasteiger partial charge is 0.431 e. The van der Waals surface area contributed by atoms with Crippen LogP contribution in [0.4, 0.5) is 18.9 Å². The highest BCUT2D eigenvalue weighted by molar-refractivity contribution is 5.96. The molecule has 0 radical (unpaired) electrons. The van der Waals surface area contributed by atoms with E-state index in [2.05, 4.69) is 20.5 Å². The first-order valence-electron chi connectivity index (χ1n) is 9.19. The van der Waals surface area contributed by atoms with Crippen LogP contribution in [0.3, 0.4) is 0 Å². The minimum atomic E-state index is -4.42. The Labute approximate surface area is 164 Å². The molecule has 2 N–H and O–H groups in total. The van der Waals surface area contributed by atoms with E-state index in [9.17, 15) is 13.2 Å². The van der Waals surface area contributed by atoms with Crippen molar-refractivity contribution in [3.05, 3.63) is 59.8 Å². The van der Waals surface area contributed by atoms with Gasteiger partial charge in [0.15, 0.2) is 5.82 Å². The van der Waals surface area contributed by atoms with Crippen LogP contribution in [0.2, 0.25) is 0 Å². The molecule has 29 heavy (non-hydrogen) atoms. The van der Waals surface area contributed by atoms with E-state index in [4.69, 9.17) is 0 Å². The summed E-state index contributed by atoms with van der Waals surface area (Å²) in [6, 6.07) is 12.2. The van der Waals surface area contributed by atoms with Crippen LogP contribution in [0.5, 0.6) is 0 Å². The van der Waals surface area contributed by atoms with Gasteiger partial charge >= 0.3 is 6.18 Å². The first-order chi connectivity index (χ1) is 13.6. The lowest BCUT2D eigenvalue weighted by Crippen LogP contribution is -2.35. The molecule has 2 aromatic heterocycles. The summed E-state index contributed by atoms with van der Waals surface area (Å²) < 4.78 is 41.5. The maximum absolute atomic E-state index is 13.2. The van der Waals surface area contributed by atoms with Crippen molar-refractivity contribution in [2.24, 2.45) is 0 Å². The molecule has 0 amide bonds. The summed E-state index contributed by atoms with van der Waals surface area (Å²) in [5.41, 5.74) is 2.66. The van der Waals surface area contributed by atoms with Gasteiger partial charge in [-0.3, -0.25) is 4.57 Å². The Bertz CT molecular complexity index is 1260. The molecule has 8 heteroatoms. The topological polar surface area (TPSA) is 58.5 Å². The van der Waals surface area contributed by atoms with E-state index in [-0.39, 0.29) is 0 Å². The van der Waals surface area contributed by atoms with Crippen molar-refractivity contribution in [3.8, 4) is 16.8 Å². The summed E-state index contributed by atoms with van der Waals surface area (Å²) in [6.07, 6.45) is -4.42. The molecule has 148 valence electrons. The van der Waals surface area contributed by atoms with Crippen LogP contribution < -0.4 is 5.32 Å². The van der Waals surface area contributed by atoms with E-state index in [0.717, 1.165) is 34.2 Å². The number of rotatable bonds is 1. The normalized spacial score (nSPS) is 15.1. The number of hydrogen-bond acceptors (Lipinski definition) is 3. The van der Waals surface area contributed by atoms with Crippen molar-refractivity contribution in [1.29, 1.82) is 0 Å². The molecule has 5 rings (SSSR count). The minimum absolute atomic E-state index is 0.391. The molecule has 0 saturated carbocycles. The third-order valence-corrected chi connectivity index (χ3v) is 5.35. The molecule has 1 aliphatic rings. The van der Waals surface area contributed by atoms with Gasteiger partial charge in [0, 0.05) is 10.9 Å². The second-order valence-electron chi connectivity index (χ2n) is 7.84. The lowest BCUT2D eigenvalue weighted by atomic mass is 9.96. The van der Waals surface area contributed by atoms with Crippen molar-refractivity contribution in [3.63, 3.8) is 0 Å². The average molecular weight is 397 g/mol. The number of nitrogens with one attached hydrogen (secondary N) is 2. The zero-order valence-electron chi connectivity index (χ0n) is 16.0. The van der Waals surface area contributed by atoms with Gasteiger partial charge in [-0.25, -0.2) is 0 Å². The third kappa shape index (κ3) is 2.62. The SMILES string of the molecule is Cc1nnc2n1-c1cc(-c3cccc4[nH]c(C(F)(F)F)cc34)ccc1NC2(C)C. The highest BCUT2D eigenvalue weighted by atomic mass is 19.4. The van der Waals surface area contributed by atoms with Crippen molar-refractivity contribution in [2.75, 3.05) is 5.32 Å². The Morgan fingerprint density at radius 2 is 1.83 bits per heavy atom. The molecular formula is C21H18F3N5. The van der Waals surface area contributed by atoms with Gasteiger partial charge < -0.3 is 10.3 Å². The fraction of sp³-hybridized carbons (Fsp3) is 0.238. The summed E-state index contributed by atoms with van der Waals surface area (Å²) >= 11 is 0. The fourth-order valence-corrected chi connectivity index (χ4v) is 4.00. The van der Waals surface area contributed by atoms with Crippen LogP contribution in [0.1, 0.15) is 31.2 Å². The van der Waals surface area contributed by atoms with E-state index in [0.29, 0.717) is 10.9 Å². The zero-order chi connectivity index (χ0) is 20.6. The van der Waals surface area contributed by atoms with Crippen molar-refractivity contribution in [2.45, 2.75) is 32.5 Å². The molecular weight excluding hydrogens is 379 g/mol. The Hall–Kier alpha value is -3.29. The van der Waals surface area contributed by atoms with Crippen LogP contribution >= 0.6 is 0 Å².